The molecule has 0 nitrogen and oxygen atoms in total. The molecule has 6 heteroatoms. The molecule has 0 saturated carbocycles. The Bertz CT molecular complexity index is 306. The molecule has 0 saturated heterocycles. The number of hydrogen-bond acceptors (Lipinski definition) is 0. The van der Waals surface area contributed by atoms with Crippen LogP contribution in [0.3, 0.4) is 0 Å². The van der Waals surface area contributed by atoms with Gasteiger partial charge in [0, 0.05) is 33.3 Å². The SMILES string of the molecule is C[C](C)(C)[Sn][C](C)(C)C.C[C](C)(C)[Sn][C](C)(C)C.C[Si](C)[Si](C)C.C[Si](C)[Si](C)C. The molecule has 0 bridgehead atoms. The van der Waals surface area contributed by atoms with E-state index < -0.39 is 0 Å². The molecule has 0 N–H and O–H groups in total. The van der Waals surface area contributed by atoms with Crippen LogP contribution in [0.5, 0.6) is 0 Å². The molecule has 0 fully saturated rings. The Morgan fingerprint density at radius 3 is 0.400 bits per heavy atom. The van der Waals surface area contributed by atoms with E-state index in [0.29, 0.717) is 13.7 Å². The first-order valence-corrected chi connectivity index (χ1v) is 29.2. The summed E-state index contributed by atoms with van der Waals surface area (Å²) >= 11 is -0.363. The van der Waals surface area contributed by atoms with Gasteiger partial charge in [0.15, 0.2) is 0 Å². The van der Waals surface area contributed by atoms with Crippen molar-refractivity contribution in [2.24, 2.45) is 0 Å². The van der Waals surface area contributed by atoms with Crippen molar-refractivity contribution in [3.05, 3.63) is 0 Å². The maximum Gasteiger partial charge on any atom is 0.0307 e. The molecular weight excluding hydrogens is 638 g/mol. The van der Waals surface area contributed by atoms with Crippen LogP contribution in [0.15, 0.2) is 0 Å². The topological polar surface area (TPSA) is 0 Å². The zero-order chi connectivity index (χ0) is 25.7. The zero-order valence-corrected chi connectivity index (χ0v) is 34.7. The van der Waals surface area contributed by atoms with Crippen molar-refractivity contribution >= 4 is 75.5 Å². The van der Waals surface area contributed by atoms with Crippen LogP contribution < -0.4 is 0 Å². The van der Waals surface area contributed by atoms with Crippen molar-refractivity contribution < 1.29 is 0 Å². The summed E-state index contributed by atoms with van der Waals surface area (Å²) in [5.74, 6) is 0. The summed E-state index contributed by atoms with van der Waals surface area (Å²) in [4.78, 5) is 0. The Morgan fingerprint density at radius 1 is 0.300 bits per heavy atom. The van der Waals surface area contributed by atoms with E-state index in [4.69, 9.17) is 0 Å². The van der Waals surface area contributed by atoms with Gasteiger partial charge in [-0.1, -0.05) is 52.4 Å². The minimum Gasteiger partial charge on any atom is -0.0735 e. The molecule has 0 aromatic carbocycles. The van der Waals surface area contributed by atoms with Crippen molar-refractivity contribution in [3.8, 4) is 0 Å². The van der Waals surface area contributed by atoms with Gasteiger partial charge in [-0.15, -0.1) is 0 Å². The Kier molecular flexibility index (Phi) is 23.6. The predicted molar refractivity (Wildman–Crippen MR) is 160 cm³/mol. The summed E-state index contributed by atoms with van der Waals surface area (Å²) in [6.07, 6.45) is 0. The van der Waals surface area contributed by atoms with Gasteiger partial charge in [-0.25, -0.2) is 0 Å². The van der Waals surface area contributed by atoms with Crippen LogP contribution in [0.25, 0.3) is 0 Å². The molecule has 0 aliphatic rings. The largest absolute Gasteiger partial charge is 0.0735 e. The molecule has 0 spiro atoms. The first-order valence-electron chi connectivity index (χ1n) is 11.5. The molecule has 30 heavy (non-hydrogen) atoms. The first kappa shape index (κ1) is 39.7. The molecule has 0 atom stereocenters. The zero-order valence-electron chi connectivity index (χ0n) is 25.0. The Balaban J connectivity index is -0.000000153. The molecule has 0 rings (SSSR count). The van der Waals surface area contributed by atoms with Crippen molar-refractivity contribution in [2.75, 3.05) is 0 Å². The maximum absolute atomic E-state index is 2.39. The van der Waals surface area contributed by atoms with E-state index >= 15 is 0 Å². The summed E-state index contributed by atoms with van der Waals surface area (Å²) < 4.78 is 2.62. The van der Waals surface area contributed by atoms with Gasteiger partial charge < -0.3 is 0 Å². The van der Waals surface area contributed by atoms with E-state index in [1.807, 2.05) is 0 Å². The Hall–Kier alpha value is 2.46. The Morgan fingerprint density at radius 2 is 0.400 bits per heavy atom. The number of rotatable bonds is 2. The van der Waals surface area contributed by atoms with Gasteiger partial charge in [-0.05, 0) is 0 Å². The van der Waals surface area contributed by atoms with Crippen LogP contribution in [-0.4, -0.2) is 75.5 Å². The quantitative estimate of drug-likeness (QED) is 0.252. The van der Waals surface area contributed by atoms with Gasteiger partial charge in [0.1, 0.15) is 0 Å². The van der Waals surface area contributed by atoms with Crippen LogP contribution in [-0.2, 0) is 0 Å². The van der Waals surface area contributed by atoms with E-state index in [0.717, 1.165) is 0 Å². The van der Waals surface area contributed by atoms with Gasteiger partial charge >= 0.3 is 139 Å². The fourth-order valence-corrected chi connectivity index (χ4v) is 15.1. The third-order valence-corrected chi connectivity index (χ3v) is 28.1. The first-order chi connectivity index (χ1) is 12.7. The van der Waals surface area contributed by atoms with Crippen molar-refractivity contribution in [1.29, 1.82) is 0 Å². The molecule has 8 radical (unpaired) electrons. The fraction of sp³-hybridized carbons (Fsp3) is 1.00. The van der Waals surface area contributed by atoms with Gasteiger partial charge in [-0.2, -0.15) is 0 Å². The molecule has 0 heterocycles. The minimum absolute atomic E-state index is 0.150. The molecule has 0 aromatic rings. The standard InChI is InChI=1S/2C4H12Si2.4C4H9.2Sn/c2*1-5(2)6(3)4;4*1-4(2)3;;/h2*1-4H3;4*1-3H3;;. The maximum atomic E-state index is 2.39. The summed E-state index contributed by atoms with van der Waals surface area (Å²) in [6, 6.07) is 0. The third-order valence-electron chi connectivity index (χ3n) is 3.50. The van der Waals surface area contributed by atoms with Crippen molar-refractivity contribution in [1.82, 2.24) is 0 Å². The van der Waals surface area contributed by atoms with Crippen LogP contribution >= 0.6 is 0 Å². The van der Waals surface area contributed by atoms with Crippen molar-refractivity contribution in [2.45, 2.75) is 149 Å². The molecule has 0 aliphatic carbocycles. The summed E-state index contributed by atoms with van der Waals surface area (Å²) in [7, 11) is 0.601. The van der Waals surface area contributed by atoms with E-state index in [1.165, 1.54) is 0 Å². The fourth-order valence-electron chi connectivity index (χ4n) is 2.25. The number of hydrogen-bond donors (Lipinski definition) is 0. The second-order valence-electron chi connectivity index (χ2n) is 13.2. The van der Waals surface area contributed by atoms with Crippen LogP contribution in [0.2, 0.25) is 66.1 Å². The summed E-state index contributed by atoms with van der Waals surface area (Å²) in [5.41, 5.74) is 0. The summed E-state index contributed by atoms with van der Waals surface area (Å²) in [5, 5.41) is 0. The smallest absolute Gasteiger partial charge is 0.0307 e. The van der Waals surface area contributed by atoms with Gasteiger partial charge in [0.05, 0.1) is 0 Å². The second kappa shape index (κ2) is 17.8. The normalized spacial score (nSPS) is 12.8. The molecular formula is C24H60Si4Sn2. The summed E-state index contributed by atoms with van der Waals surface area (Å²) in [6.45, 7) is 47.5. The predicted octanol–water partition coefficient (Wildman–Crippen LogP) is 9.40. The van der Waals surface area contributed by atoms with Crippen LogP contribution in [0.4, 0.5) is 0 Å². The van der Waals surface area contributed by atoms with Crippen molar-refractivity contribution in [3.63, 3.8) is 0 Å². The average molecular weight is 699 g/mol. The van der Waals surface area contributed by atoms with Gasteiger partial charge in [0.25, 0.3) is 0 Å². The van der Waals surface area contributed by atoms with Crippen LogP contribution in [0.1, 0.15) is 83.1 Å². The monoisotopic (exact) mass is 700 g/mol. The second-order valence-corrected chi connectivity index (χ2v) is 51.8. The van der Waals surface area contributed by atoms with E-state index in [9.17, 15) is 0 Å². The van der Waals surface area contributed by atoms with E-state index in [-0.39, 0.29) is 75.5 Å². The molecule has 0 amide bonds. The van der Waals surface area contributed by atoms with Crippen LogP contribution in [0, 0.1) is 0 Å². The molecule has 0 aliphatic heterocycles. The van der Waals surface area contributed by atoms with Gasteiger partial charge in [0.2, 0.25) is 0 Å². The molecule has 0 aromatic heterocycles. The van der Waals surface area contributed by atoms with Gasteiger partial charge in [-0.3, -0.25) is 0 Å². The molecule has 0 unspecified atom stereocenters. The van der Waals surface area contributed by atoms with E-state index in [2.05, 4.69) is 135 Å². The third kappa shape index (κ3) is 52.4. The molecule has 180 valence electrons. The average Bonchev–Trinajstić information content (AvgIpc) is 2.31. The Labute approximate surface area is 222 Å². The van der Waals surface area contributed by atoms with E-state index in [1.54, 1.807) is 0 Å². The minimum atomic E-state index is -0.182.